The van der Waals surface area contributed by atoms with Crippen LogP contribution in [0.1, 0.15) is 5.82 Å². The molecular formula is C15H15ClFN3O3S. The predicted octanol–water partition coefficient (Wildman–Crippen LogP) is 3.10. The lowest BCUT2D eigenvalue weighted by Gasteiger charge is -2.09. The molecule has 0 saturated heterocycles. The summed E-state index contributed by atoms with van der Waals surface area (Å²) in [4.78, 5) is 11.2. The van der Waals surface area contributed by atoms with Gasteiger partial charge in [-0.25, -0.2) is 4.39 Å². The number of allylic oxidation sites excluding steroid dienone is 1. The van der Waals surface area contributed by atoms with Crippen LogP contribution in [0.5, 0.6) is 5.75 Å². The Hall–Kier alpha value is -2.06. The number of carbonyl (C=O) groups excluding carboxylic acids is 1. The van der Waals surface area contributed by atoms with E-state index in [1.807, 2.05) is 0 Å². The second-order valence-electron chi connectivity index (χ2n) is 4.53. The molecule has 0 spiro atoms. The van der Waals surface area contributed by atoms with Crippen LogP contribution in [0.2, 0.25) is 5.02 Å². The molecule has 1 aromatic carbocycles. The Morgan fingerprint density at radius 3 is 2.96 bits per heavy atom. The summed E-state index contributed by atoms with van der Waals surface area (Å²) in [7, 11) is 1.32. The molecule has 0 bridgehead atoms. The van der Waals surface area contributed by atoms with Crippen molar-refractivity contribution < 1.29 is 18.7 Å². The molecule has 24 heavy (non-hydrogen) atoms. The first kappa shape index (κ1) is 18.3. The molecule has 0 fully saturated rings. The quantitative estimate of drug-likeness (QED) is 0.403. The van der Waals surface area contributed by atoms with Crippen LogP contribution in [0.15, 0.2) is 36.0 Å². The molecule has 0 aliphatic carbocycles. The van der Waals surface area contributed by atoms with Gasteiger partial charge >= 0.3 is 5.97 Å². The molecule has 9 heteroatoms. The van der Waals surface area contributed by atoms with Crippen molar-refractivity contribution in [1.82, 2.24) is 14.8 Å². The minimum absolute atomic E-state index is 0.0191. The van der Waals surface area contributed by atoms with Gasteiger partial charge in [-0.3, -0.25) is 9.36 Å². The Balaban J connectivity index is 2.08. The van der Waals surface area contributed by atoms with Crippen LogP contribution < -0.4 is 4.74 Å². The topological polar surface area (TPSA) is 66.2 Å². The Labute approximate surface area is 147 Å². The highest BCUT2D eigenvalue weighted by Crippen LogP contribution is 2.23. The van der Waals surface area contributed by atoms with Crippen molar-refractivity contribution in [2.75, 3.05) is 12.9 Å². The summed E-state index contributed by atoms with van der Waals surface area (Å²) in [6.45, 7) is 4.26. The van der Waals surface area contributed by atoms with E-state index in [0.717, 1.165) is 0 Å². The number of methoxy groups -OCH3 is 1. The van der Waals surface area contributed by atoms with Crippen molar-refractivity contribution in [3.63, 3.8) is 0 Å². The van der Waals surface area contributed by atoms with E-state index in [0.29, 0.717) is 23.3 Å². The number of carbonyl (C=O) groups is 1. The summed E-state index contributed by atoms with van der Waals surface area (Å²) in [6.07, 6.45) is 1.68. The maximum absolute atomic E-state index is 13.1. The van der Waals surface area contributed by atoms with Crippen LogP contribution in [-0.2, 0) is 22.7 Å². The van der Waals surface area contributed by atoms with Crippen molar-refractivity contribution >= 4 is 29.3 Å². The number of thioether (sulfide) groups is 1. The van der Waals surface area contributed by atoms with Gasteiger partial charge in [0.25, 0.3) is 0 Å². The van der Waals surface area contributed by atoms with Crippen LogP contribution in [0, 0.1) is 5.82 Å². The molecule has 0 atom stereocenters. The van der Waals surface area contributed by atoms with E-state index in [1.165, 1.54) is 37.1 Å². The molecule has 0 aliphatic heterocycles. The molecule has 1 aromatic heterocycles. The van der Waals surface area contributed by atoms with Gasteiger partial charge in [0.15, 0.2) is 11.0 Å². The van der Waals surface area contributed by atoms with Crippen LogP contribution in [0.25, 0.3) is 0 Å². The second kappa shape index (κ2) is 8.70. The Bertz CT molecular complexity index is 739. The smallest absolute Gasteiger partial charge is 0.316 e. The van der Waals surface area contributed by atoms with Gasteiger partial charge in [0.1, 0.15) is 18.2 Å². The van der Waals surface area contributed by atoms with Gasteiger partial charge in [0, 0.05) is 12.6 Å². The fourth-order valence-corrected chi connectivity index (χ4v) is 2.71. The van der Waals surface area contributed by atoms with E-state index < -0.39 is 5.82 Å². The molecule has 2 rings (SSSR count). The number of nitrogens with zero attached hydrogens (tertiary/aromatic N) is 3. The molecule has 0 saturated carbocycles. The second-order valence-corrected chi connectivity index (χ2v) is 5.88. The third kappa shape index (κ3) is 4.72. The summed E-state index contributed by atoms with van der Waals surface area (Å²) in [5, 5.41) is 8.63. The lowest BCUT2D eigenvalue weighted by atomic mass is 10.3. The van der Waals surface area contributed by atoms with Crippen molar-refractivity contribution in [2.24, 2.45) is 0 Å². The maximum atomic E-state index is 13.1. The summed E-state index contributed by atoms with van der Waals surface area (Å²) < 4.78 is 25.1. The number of hydrogen-bond donors (Lipinski definition) is 0. The number of aromatic nitrogens is 3. The molecule has 128 valence electrons. The Kier molecular flexibility index (Phi) is 6.62. The van der Waals surface area contributed by atoms with E-state index >= 15 is 0 Å². The van der Waals surface area contributed by atoms with Crippen LogP contribution >= 0.6 is 23.4 Å². The lowest BCUT2D eigenvalue weighted by molar-refractivity contribution is -0.137. The van der Waals surface area contributed by atoms with E-state index in [2.05, 4.69) is 21.5 Å². The minimum atomic E-state index is -0.514. The zero-order valence-corrected chi connectivity index (χ0v) is 14.4. The Morgan fingerprint density at radius 2 is 2.29 bits per heavy atom. The number of halogens is 2. The largest absolute Gasteiger partial charge is 0.486 e. The molecule has 6 nitrogen and oxygen atoms in total. The van der Waals surface area contributed by atoms with Gasteiger partial charge in [-0.05, 0) is 12.1 Å². The van der Waals surface area contributed by atoms with Crippen LogP contribution in [0.4, 0.5) is 4.39 Å². The third-order valence-corrected chi connectivity index (χ3v) is 4.14. The van der Waals surface area contributed by atoms with E-state index in [9.17, 15) is 9.18 Å². The molecule has 2 aromatic rings. The Morgan fingerprint density at radius 1 is 1.50 bits per heavy atom. The lowest BCUT2D eigenvalue weighted by Crippen LogP contribution is -2.09. The monoisotopic (exact) mass is 371 g/mol. The minimum Gasteiger partial charge on any atom is -0.486 e. The normalized spacial score (nSPS) is 10.5. The number of hydrogen-bond acceptors (Lipinski definition) is 6. The standard InChI is InChI=1S/C15H15ClFN3O3S/c1-3-6-20-13(18-19-15(20)24-9-14(21)22-2)8-23-10-4-5-12(17)11(16)7-10/h3-5,7H,1,6,8-9H2,2H3. The van der Waals surface area contributed by atoms with Crippen molar-refractivity contribution in [1.29, 1.82) is 0 Å². The summed E-state index contributed by atoms with van der Waals surface area (Å²) in [5.41, 5.74) is 0. The van der Waals surface area contributed by atoms with Gasteiger partial charge in [-0.15, -0.1) is 16.8 Å². The van der Waals surface area contributed by atoms with Gasteiger partial charge in [-0.1, -0.05) is 29.4 Å². The first-order valence-electron chi connectivity index (χ1n) is 6.85. The molecule has 0 radical (unpaired) electrons. The molecule has 1 heterocycles. The van der Waals surface area contributed by atoms with E-state index in [4.69, 9.17) is 16.3 Å². The number of esters is 1. The fraction of sp³-hybridized carbons (Fsp3) is 0.267. The zero-order chi connectivity index (χ0) is 17.5. The third-order valence-electron chi connectivity index (χ3n) is 2.91. The fourth-order valence-electron chi connectivity index (χ4n) is 1.74. The average molecular weight is 372 g/mol. The highest BCUT2D eigenvalue weighted by Gasteiger charge is 2.14. The SMILES string of the molecule is C=CCn1c(COc2ccc(F)c(Cl)c2)nnc1SCC(=O)OC. The summed E-state index contributed by atoms with van der Waals surface area (Å²) >= 11 is 6.92. The highest BCUT2D eigenvalue weighted by molar-refractivity contribution is 7.99. The number of rotatable bonds is 8. The summed E-state index contributed by atoms with van der Waals surface area (Å²) in [6, 6.07) is 4.09. The van der Waals surface area contributed by atoms with E-state index in [1.54, 1.807) is 10.6 Å². The first-order chi connectivity index (χ1) is 11.5. The van der Waals surface area contributed by atoms with Gasteiger partial charge in [0.2, 0.25) is 0 Å². The zero-order valence-electron chi connectivity index (χ0n) is 12.9. The first-order valence-corrected chi connectivity index (χ1v) is 8.22. The van der Waals surface area contributed by atoms with Gasteiger partial charge < -0.3 is 9.47 Å². The number of ether oxygens (including phenoxy) is 2. The van der Waals surface area contributed by atoms with Crippen molar-refractivity contribution in [3.8, 4) is 5.75 Å². The molecule has 0 N–H and O–H groups in total. The molecule has 0 aliphatic rings. The van der Waals surface area contributed by atoms with Crippen LogP contribution in [-0.4, -0.2) is 33.6 Å². The van der Waals surface area contributed by atoms with Gasteiger partial charge in [-0.2, -0.15) is 0 Å². The van der Waals surface area contributed by atoms with Crippen molar-refractivity contribution in [3.05, 3.63) is 47.5 Å². The van der Waals surface area contributed by atoms with E-state index in [-0.39, 0.29) is 23.4 Å². The molecule has 0 unspecified atom stereocenters. The maximum Gasteiger partial charge on any atom is 0.316 e. The summed E-state index contributed by atoms with van der Waals surface area (Å²) in [5.74, 6) is 0.216. The predicted molar refractivity (Wildman–Crippen MR) is 88.7 cm³/mol. The number of benzene rings is 1. The van der Waals surface area contributed by atoms with Gasteiger partial charge in [0.05, 0.1) is 17.9 Å². The molecule has 0 amide bonds. The van der Waals surface area contributed by atoms with Crippen LogP contribution in [0.3, 0.4) is 0 Å². The highest BCUT2D eigenvalue weighted by atomic mass is 35.5. The van der Waals surface area contributed by atoms with Crippen molar-refractivity contribution in [2.45, 2.75) is 18.3 Å². The average Bonchev–Trinajstić information content (AvgIpc) is 2.96. The molecular weight excluding hydrogens is 357 g/mol.